The van der Waals surface area contributed by atoms with Crippen molar-refractivity contribution in [2.24, 2.45) is 0 Å². The highest BCUT2D eigenvalue weighted by molar-refractivity contribution is 7.15. The minimum absolute atomic E-state index is 0.000384. The van der Waals surface area contributed by atoms with Gasteiger partial charge in [-0.1, -0.05) is 0 Å². The van der Waals surface area contributed by atoms with Crippen LogP contribution in [-0.4, -0.2) is 45.8 Å². The van der Waals surface area contributed by atoms with Crippen molar-refractivity contribution in [3.05, 3.63) is 51.9 Å². The van der Waals surface area contributed by atoms with Gasteiger partial charge in [0, 0.05) is 43.5 Å². The van der Waals surface area contributed by atoms with E-state index in [4.69, 9.17) is 10.5 Å². The third kappa shape index (κ3) is 4.22. The average Bonchev–Trinajstić information content (AvgIpc) is 3.21. The highest BCUT2D eigenvalue weighted by Gasteiger charge is 2.22. The van der Waals surface area contributed by atoms with E-state index in [0.29, 0.717) is 42.5 Å². The summed E-state index contributed by atoms with van der Waals surface area (Å²) in [6.45, 7) is 3.43. The van der Waals surface area contributed by atoms with Crippen molar-refractivity contribution in [1.29, 1.82) is 0 Å². The molecule has 3 heterocycles. The maximum absolute atomic E-state index is 13.6. The maximum Gasteiger partial charge on any atom is 0.244 e. The molecule has 1 aliphatic heterocycles. The van der Waals surface area contributed by atoms with Crippen molar-refractivity contribution >= 4 is 22.4 Å². The number of halogens is 1. The minimum atomic E-state index is -0.253. The van der Waals surface area contributed by atoms with Gasteiger partial charge in [0.05, 0.1) is 23.7 Å². The first kappa shape index (κ1) is 20.5. The van der Waals surface area contributed by atoms with Crippen molar-refractivity contribution in [1.82, 2.24) is 19.7 Å². The maximum atomic E-state index is 13.6. The Labute approximate surface area is 178 Å². The van der Waals surface area contributed by atoms with Crippen LogP contribution in [0.2, 0.25) is 0 Å². The molecule has 0 saturated carbocycles. The summed E-state index contributed by atoms with van der Waals surface area (Å²) in [7, 11) is 1.60. The number of carbonyl (C=O) groups excluding carboxylic acids is 1. The zero-order valence-corrected chi connectivity index (χ0v) is 17.8. The predicted molar refractivity (Wildman–Crippen MR) is 114 cm³/mol. The van der Waals surface area contributed by atoms with E-state index in [1.165, 1.54) is 17.4 Å². The molecular formula is C21H24FN5O2S. The molecule has 3 aromatic rings. The number of amides is 1. The Morgan fingerprint density at radius 2 is 2.10 bits per heavy atom. The molecule has 4 rings (SSSR count). The molecule has 0 saturated heterocycles. The van der Waals surface area contributed by atoms with Gasteiger partial charge < -0.3 is 15.4 Å². The standard InChI is InChI=1S/C21H24FN5O2S/c1-13-9-14(3-4-16(13)22)18-10-15(12-29-2)27(25-18)11-20(28)26-7-5-17-19(6-8-26)30-21(23)24-17/h3-4,9-10H,5-8,11-12H2,1-2H3,(H2,23,24). The lowest BCUT2D eigenvalue weighted by Crippen LogP contribution is -2.36. The van der Waals surface area contributed by atoms with E-state index in [2.05, 4.69) is 10.1 Å². The van der Waals surface area contributed by atoms with Crippen LogP contribution in [0.4, 0.5) is 9.52 Å². The van der Waals surface area contributed by atoms with E-state index in [0.717, 1.165) is 28.2 Å². The second-order valence-electron chi connectivity index (χ2n) is 7.38. The molecule has 1 amide bonds. The van der Waals surface area contributed by atoms with Crippen molar-refractivity contribution < 1.29 is 13.9 Å². The number of benzene rings is 1. The second-order valence-corrected chi connectivity index (χ2v) is 8.49. The molecule has 30 heavy (non-hydrogen) atoms. The summed E-state index contributed by atoms with van der Waals surface area (Å²) < 4.78 is 20.6. The lowest BCUT2D eigenvalue weighted by molar-refractivity contribution is -0.132. The fourth-order valence-electron chi connectivity index (χ4n) is 3.66. The summed E-state index contributed by atoms with van der Waals surface area (Å²) >= 11 is 1.50. The Kier molecular flexibility index (Phi) is 5.83. The molecule has 0 bridgehead atoms. The first-order chi connectivity index (χ1) is 14.4. The fourth-order valence-corrected chi connectivity index (χ4v) is 4.53. The van der Waals surface area contributed by atoms with Crippen molar-refractivity contribution in [3.8, 4) is 11.3 Å². The first-order valence-corrected chi connectivity index (χ1v) is 10.6. The summed E-state index contributed by atoms with van der Waals surface area (Å²) in [5, 5.41) is 5.20. The van der Waals surface area contributed by atoms with Crippen molar-refractivity contribution in [3.63, 3.8) is 0 Å². The average molecular weight is 430 g/mol. The van der Waals surface area contributed by atoms with E-state index >= 15 is 0 Å². The van der Waals surface area contributed by atoms with Gasteiger partial charge >= 0.3 is 0 Å². The van der Waals surface area contributed by atoms with Crippen molar-refractivity contribution in [2.75, 3.05) is 25.9 Å². The van der Waals surface area contributed by atoms with Gasteiger partial charge in [0.2, 0.25) is 5.91 Å². The minimum Gasteiger partial charge on any atom is -0.378 e. The molecule has 2 aromatic heterocycles. The van der Waals surface area contributed by atoms with Gasteiger partial charge in [-0.15, -0.1) is 11.3 Å². The van der Waals surface area contributed by atoms with Crippen LogP contribution in [0, 0.1) is 12.7 Å². The number of carbonyl (C=O) groups is 1. The van der Waals surface area contributed by atoms with Gasteiger partial charge in [0.1, 0.15) is 12.4 Å². The van der Waals surface area contributed by atoms with Gasteiger partial charge in [-0.25, -0.2) is 9.37 Å². The number of nitrogens with two attached hydrogens (primary N) is 1. The molecule has 1 aromatic carbocycles. The third-order valence-electron chi connectivity index (χ3n) is 5.27. The predicted octanol–water partition coefficient (Wildman–Crippen LogP) is 2.81. The number of methoxy groups -OCH3 is 1. The highest BCUT2D eigenvalue weighted by Crippen LogP contribution is 2.25. The number of nitrogens with zero attached hydrogens (tertiary/aromatic N) is 4. The summed E-state index contributed by atoms with van der Waals surface area (Å²) in [5.74, 6) is -0.253. The highest BCUT2D eigenvalue weighted by atomic mass is 32.1. The molecule has 158 valence electrons. The Hall–Kier alpha value is -2.78. The van der Waals surface area contributed by atoms with Gasteiger partial charge in [0.15, 0.2) is 5.13 Å². The lowest BCUT2D eigenvalue weighted by atomic mass is 10.1. The molecule has 0 atom stereocenters. The van der Waals surface area contributed by atoms with E-state index in [9.17, 15) is 9.18 Å². The number of nitrogen functional groups attached to an aromatic ring is 1. The Morgan fingerprint density at radius 1 is 1.30 bits per heavy atom. The number of hydrogen-bond acceptors (Lipinski definition) is 6. The van der Waals surface area contributed by atoms with Crippen LogP contribution in [0.15, 0.2) is 24.3 Å². The molecule has 0 spiro atoms. The fraction of sp³-hybridized carbons (Fsp3) is 0.381. The Balaban J connectivity index is 1.51. The topological polar surface area (TPSA) is 86.3 Å². The second kappa shape index (κ2) is 8.53. The molecule has 1 aliphatic rings. The molecule has 0 unspecified atom stereocenters. The number of hydrogen-bond donors (Lipinski definition) is 1. The molecule has 9 heteroatoms. The van der Waals surface area contributed by atoms with Crippen LogP contribution in [0.25, 0.3) is 11.3 Å². The van der Waals surface area contributed by atoms with Crippen LogP contribution in [0.5, 0.6) is 0 Å². The summed E-state index contributed by atoms with van der Waals surface area (Å²) in [5.41, 5.74) is 9.65. The molecule has 2 N–H and O–H groups in total. The van der Waals surface area contributed by atoms with Crippen LogP contribution >= 0.6 is 11.3 Å². The zero-order valence-electron chi connectivity index (χ0n) is 17.0. The number of rotatable bonds is 5. The molecule has 0 fully saturated rings. The third-order valence-corrected chi connectivity index (χ3v) is 6.26. The number of thiazole rings is 1. The SMILES string of the molecule is COCc1cc(-c2ccc(F)c(C)c2)nn1CC(=O)N1CCc2nc(N)sc2CC1. The number of anilines is 1. The summed E-state index contributed by atoms with van der Waals surface area (Å²) in [6.07, 6.45) is 1.47. The van der Waals surface area contributed by atoms with Crippen LogP contribution < -0.4 is 5.73 Å². The van der Waals surface area contributed by atoms with E-state index < -0.39 is 0 Å². The van der Waals surface area contributed by atoms with E-state index in [-0.39, 0.29) is 18.3 Å². The number of ether oxygens (including phenoxy) is 1. The Morgan fingerprint density at radius 3 is 2.87 bits per heavy atom. The normalized spacial score (nSPS) is 13.9. The number of fused-ring (bicyclic) bond motifs is 1. The van der Waals surface area contributed by atoms with Gasteiger partial charge in [-0.3, -0.25) is 9.48 Å². The quantitative estimate of drug-likeness (QED) is 0.674. The molecule has 7 nitrogen and oxygen atoms in total. The number of aryl methyl sites for hydroxylation is 1. The van der Waals surface area contributed by atoms with Crippen LogP contribution in [-0.2, 0) is 35.5 Å². The molecular weight excluding hydrogens is 405 g/mol. The zero-order chi connectivity index (χ0) is 21.3. The largest absolute Gasteiger partial charge is 0.378 e. The summed E-state index contributed by atoms with van der Waals surface area (Å²) in [6, 6.07) is 6.77. The van der Waals surface area contributed by atoms with Crippen LogP contribution in [0.3, 0.4) is 0 Å². The Bertz CT molecular complexity index is 1050. The van der Waals surface area contributed by atoms with E-state index in [1.54, 1.807) is 30.8 Å². The monoisotopic (exact) mass is 429 g/mol. The number of aromatic nitrogens is 3. The van der Waals surface area contributed by atoms with E-state index in [1.807, 2.05) is 11.0 Å². The first-order valence-electron chi connectivity index (χ1n) is 9.78. The molecule has 0 aliphatic carbocycles. The van der Waals surface area contributed by atoms with Crippen LogP contribution in [0.1, 0.15) is 21.8 Å². The smallest absolute Gasteiger partial charge is 0.244 e. The lowest BCUT2D eigenvalue weighted by Gasteiger charge is -2.20. The van der Waals surface area contributed by atoms with Crippen molar-refractivity contribution in [2.45, 2.75) is 32.9 Å². The summed E-state index contributed by atoms with van der Waals surface area (Å²) in [4.78, 5) is 20.4. The van der Waals surface area contributed by atoms with Gasteiger partial charge in [-0.05, 0) is 36.8 Å². The molecule has 0 radical (unpaired) electrons. The van der Waals surface area contributed by atoms with Gasteiger partial charge in [0.25, 0.3) is 0 Å². The van der Waals surface area contributed by atoms with Gasteiger partial charge in [-0.2, -0.15) is 5.10 Å².